The molecule has 18 heavy (non-hydrogen) atoms. The van der Waals surface area contributed by atoms with Crippen LogP contribution in [-0.2, 0) is 13.0 Å². The largest absolute Gasteiger partial charge is 0.365 e. The molecule has 2 rings (SSSR count). The summed E-state index contributed by atoms with van der Waals surface area (Å²) in [5, 5.41) is 3.17. The molecule has 4 nitrogen and oxygen atoms in total. The van der Waals surface area contributed by atoms with Gasteiger partial charge in [-0.05, 0) is 40.1 Å². The quantitative estimate of drug-likeness (QED) is 0.829. The number of hydrogen-bond donors (Lipinski definition) is 2. The monoisotopic (exact) mass is 355 g/mol. The highest BCUT2D eigenvalue weighted by Gasteiger charge is 2.04. The van der Waals surface area contributed by atoms with Crippen LogP contribution in [0.2, 0.25) is 0 Å². The van der Waals surface area contributed by atoms with Crippen LogP contribution < -0.4 is 10.9 Å². The highest BCUT2D eigenvalue weighted by atomic mass is 127. The summed E-state index contributed by atoms with van der Waals surface area (Å²) in [7, 11) is 0. The van der Waals surface area contributed by atoms with Gasteiger partial charge < -0.3 is 10.3 Å². The first kappa shape index (κ1) is 13.1. The van der Waals surface area contributed by atoms with Crippen molar-refractivity contribution in [1.82, 2.24) is 9.97 Å². The first-order valence-electron chi connectivity index (χ1n) is 5.75. The van der Waals surface area contributed by atoms with Crippen molar-refractivity contribution >= 4 is 28.4 Å². The molecule has 0 aliphatic rings. The number of nitrogens with one attached hydrogen (secondary N) is 2. The molecular formula is C13H14IN3O. The fraction of sp³-hybridized carbons (Fsp3) is 0.231. The van der Waals surface area contributed by atoms with Crippen LogP contribution in [0.3, 0.4) is 0 Å². The third kappa shape index (κ3) is 3.10. The van der Waals surface area contributed by atoms with Crippen molar-refractivity contribution < 1.29 is 0 Å². The number of aromatic amines is 1. The summed E-state index contributed by atoms with van der Waals surface area (Å²) in [6, 6.07) is 8.41. The number of aromatic nitrogens is 2. The molecule has 0 aliphatic heterocycles. The van der Waals surface area contributed by atoms with E-state index in [1.54, 1.807) is 0 Å². The van der Waals surface area contributed by atoms with Gasteiger partial charge in [-0.2, -0.15) is 0 Å². The summed E-state index contributed by atoms with van der Waals surface area (Å²) in [4.78, 5) is 18.0. The first-order valence-corrected chi connectivity index (χ1v) is 6.83. The zero-order valence-electron chi connectivity index (χ0n) is 10.0. The maximum Gasteiger partial charge on any atom is 0.266 e. The van der Waals surface area contributed by atoms with Crippen LogP contribution >= 0.6 is 22.6 Å². The molecule has 0 saturated heterocycles. The molecule has 0 unspecified atom stereocenters. The van der Waals surface area contributed by atoms with E-state index in [0.29, 0.717) is 15.9 Å². The van der Waals surface area contributed by atoms with E-state index in [2.05, 4.69) is 46.5 Å². The second kappa shape index (κ2) is 5.99. The number of halogens is 1. The van der Waals surface area contributed by atoms with Crippen LogP contribution in [0.1, 0.15) is 18.1 Å². The van der Waals surface area contributed by atoms with Crippen LogP contribution in [0, 0.1) is 3.57 Å². The van der Waals surface area contributed by atoms with Gasteiger partial charge in [-0.1, -0.05) is 31.2 Å². The zero-order chi connectivity index (χ0) is 13.0. The molecule has 0 spiro atoms. The Morgan fingerprint density at radius 2 is 1.94 bits per heavy atom. The fourth-order valence-electron chi connectivity index (χ4n) is 1.58. The molecule has 0 bridgehead atoms. The van der Waals surface area contributed by atoms with Crippen molar-refractivity contribution in [1.29, 1.82) is 0 Å². The average Bonchev–Trinajstić information content (AvgIpc) is 2.41. The molecule has 0 amide bonds. The highest BCUT2D eigenvalue weighted by molar-refractivity contribution is 14.1. The van der Waals surface area contributed by atoms with Gasteiger partial charge in [-0.15, -0.1) is 0 Å². The molecule has 1 aromatic heterocycles. The number of hydrogen-bond acceptors (Lipinski definition) is 3. The van der Waals surface area contributed by atoms with Crippen molar-refractivity contribution in [3.63, 3.8) is 0 Å². The Kier molecular flexibility index (Phi) is 4.35. The maximum atomic E-state index is 11.4. The van der Waals surface area contributed by atoms with Gasteiger partial charge in [0, 0.05) is 6.54 Å². The normalized spacial score (nSPS) is 10.3. The molecule has 1 heterocycles. The summed E-state index contributed by atoms with van der Waals surface area (Å²) in [6.07, 6.45) is 2.45. The lowest BCUT2D eigenvalue weighted by atomic mass is 10.1. The van der Waals surface area contributed by atoms with E-state index >= 15 is 0 Å². The molecule has 0 saturated carbocycles. The smallest absolute Gasteiger partial charge is 0.266 e. The second-order valence-corrected chi connectivity index (χ2v) is 5.00. The molecule has 2 N–H and O–H groups in total. The van der Waals surface area contributed by atoms with Crippen molar-refractivity contribution in [2.45, 2.75) is 19.9 Å². The lowest BCUT2D eigenvalue weighted by molar-refractivity contribution is 1.04. The van der Waals surface area contributed by atoms with E-state index in [0.717, 1.165) is 6.42 Å². The molecule has 0 radical (unpaired) electrons. The zero-order valence-corrected chi connectivity index (χ0v) is 12.2. The SMILES string of the molecule is CCc1ccc(CNc2nc[nH]c(=O)c2I)cc1. The minimum Gasteiger partial charge on any atom is -0.365 e. The van der Waals surface area contributed by atoms with Crippen molar-refractivity contribution in [3.05, 3.63) is 55.6 Å². The lowest BCUT2D eigenvalue weighted by Gasteiger charge is -2.07. The molecule has 2 aromatic rings. The Hall–Kier alpha value is -1.37. The predicted molar refractivity (Wildman–Crippen MR) is 80.7 cm³/mol. The summed E-state index contributed by atoms with van der Waals surface area (Å²) in [5.74, 6) is 0.624. The predicted octanol–water partition coefficient (Wildman–Crippen LogP) is 2.55. The van der Waals surface area contributed by atoms with Gasteiger partial charge in [0.1, 0.15) is 9.39 Å². The summed E-state index contributed by atoms with van der Waals surface area (Å²) in [6.45, 7) is 2.80. The van der Waals surface area contributed by atoms with E-state index in [1.807, 2.05) is 22.6 Å². The van der Waals surface area contributed by atoms with E-state index in [1.165, 1.54) is 17.5 Å². The molecule has 1 aromatic carbocycles. The average molecular weight is 355 g/mol. The van der Waals surface area contributed by atoms with Crippen LogP contribution in [0.15, 0.2) is 35.4 Å². The van der Waals surface area contributed by atoms with Gasteiger partial charge in [0.2, 0.25) is 0 Å². The van der Waals surface area contributed by atoms with E-state index < -0.39 is 0 Å². The number of aryl methyl sites for hydroxylation is 1. The fourth-order valence-corrected chi connectivity index (χ4v) is 2.07. The Bertz CT molecular complexity index is 578. The third-order valence-corrected chi connectivity index (χ3v) is 3.69. The molecule has 0 aliphatic carbocycles. The van der Waals surface area contributed by atoms with Crippen molar-refractivity contribution in [2.24, 2.45) is 0 Å². The Morgan fingerprint density at radius 3 is 2.61 bits per heavy atom. The topological polar surface area (TPSA) is 57.8 Å². The van der Waals surface area contributed by atoms with Gasteiger partial charge in [0.05, 0.1) is 6.33 Å². The number of rotatable bonds is 4. The Morgan fingerprint density at radius 1 is 1.28 bits per heavy atom. The van der Waals surface area contributed by atoms with Gasteiger partial charge in [0.15, 0.2) is 0 Å². The number of H-pyrrole nitrogens is 1. The Labute approximate surface area is 119 Å². The van der Waals surface area contributed by atoms with Crippen molar-refractivity contribution in [2.75, 3.05) is 5.32 Å². The van der Waals surface area contributed by atoms with Crippen molar-refractivity contribution in [3.8, 4) is 0 Å². The van der Waals surface area contributed by atoms with Crippen LogP contribution in [0.25, 0.3) is 0 Å². The van der Waals surface area contributed by atoms with Crippen LogP contribution in [0.5, 0.6) is 0 Å². The van der Waals surface area contributed by atoms with E-state index in [4.69, 9.17) is 0 Å². The number of benzene rings is 1. The summed E-state index contributed by atoms with van der Waals surface area (Å²) in [5.41, 5.74) is 2.38. The van der Waals surface area contributed by atoms with Crippen LogP contribution in [0.4, 0.5) is 5.82 Å². The standard InChI is InChI=1S/C13H14IN3O/c1-2-9-3-5-10(6-4-9)7-15-12-11(14)13(18)17-8-16-12/h3-6,8H,2,7H2,1H3,(H2,15,16,17,18). The van der Waals surface area contributed by atoms with Gasteiger partial charge in [0.25, 0.3) is 5.56 Å². The molecule has 5 heteroatoms. The van der Waals surface area contributed by atoms with E-state index in [-0.39, 0.29) is 5.56 Å². The molecule has 0 fully saturated rings. The molecule has 0 atom stereocenters. The first-order chi connectivity index (χ1) is 8.70. The van der Waals surface area contributed by atoms with Gasteiger partial charge in [-0.25, -0.2) is 4.98 Å². The lowest BCUT2D eigenvalue weighted by Crippen LogP contribution is -2.14. The van der Waals surface area contributed by atoms with E-state index in [9.17, 15) is 4.79 Å². The summed E-state index contributed by atoms with van der Waals surface area (Å²) < 4.78 is 0.584. The summed E-state index contributed by atoms with van der Waals surface area (Å²) >= 11 is 1.99. The van der Waals surface area contributed by atoms with Gasteiger partial charge in [-0.3, -0.25) is 4.79 Å². The molecule has 94 valence electrons. The minimum absolute atomic E-state index is 0.116. The minimum atomic E-state index is -0.116. The second-order valence-electron chi connectivity index (χ2n) is 3.92. The number of anilines is 1. The highest BCUT2D eigenvalue weighted by Crippen LogP contribution is 2.11. The number of nitrogens with zero attached hydrogens (tertiary/aromatic N) is 1. The third-order valence-electron chi connectivity index (χ3n) is 2.69. The molecular weight excluding hydrogens is 341 g/mol. The Balaban J connectivity index is 2.06. The maximum absolute atomic E-state index is 11.4. The van der Waals surface area contributed by atoms with Gasteiger partial charge >= 0.3 is 0 Å². The van der Waals surface area contributed by atoms with Crippen LogP contribution in [-0.4, -0.2) is 9.97 Å².